The number of likely N-dealkylation sites (tertiary alicyclic amines) is 1. The van der Waals surface area contributed by atoms with Gasteiger partial charge in [0.25, 0.3) is 0 Å². The fourth-order valence-corrected chi connectivity index (χ4v) is 5.97. The van der Waals surface area contributed by atoms with E-state index in [1.807, 2.05) is 0 Å². The highest BCUT2D eigenvalue weighted by atomic mass is 15.2. The Morgan fingerprint density at radius 2 is 1.34 bits per heavy atom. The maximum atomic E-state index is 2.58. The number of rotatable bonds is 2. The summed E-state index contributed by atoms with van der Waals surface area (Å²) in [6.45, 7) is 13.2. The molecule has 0 amide bonds. The van der Waals surface area contributed by atoms with Gasteiger partial charge >= 0.3 is 0 Å². The molecule has 0 spiro atoms. The van der Waals surface area contributed by atoms with Gasteiger partial charge in [-0.2, -0.15) is 0 Å². The van der Waals surface area contributed by atoms with Gasteiger partial charge in [0.05, 0.1) is 0 Å². The first-order valence-corrected chi connectivity index (χ1v) is 11.0. The van der Waals surface area contributed by atoms with E-state index in [1.54, 1.807) is 0 Å². The lowest BCUT2D eigenvalue weighted by Crippen LogP contribution is -2.36. The highest BCUT2D eigenvalue weighted by Gasteiger charge is 2.42. The molecule has 1 heteroatoms. The van der Waals surface area contributed by atoms with Crippen LogP contribution in [0.25, 0.3) is 22.3 Å². The first kappa shape index (κ1) is 17.5. The first-order chi connectivity index (χ1) is 13.9. The summed E-state index contributed by atoms with van der Waals surface area (Å²) < 4.78 is 0. The number of hydrogen-bond donors (Lipinski definition) is 0. The van der Waals surface area contributed by atoms with Gasteiger partial charge in [-0.15, -0.1) is 0 Å². The zero-order valence-corrected chi connectivity index (χ0v) is 18.0. The molecule has 1 saturated heterocycles. The fraction of sp³-hybridized carbons (Fsp3) is 0.357. The lowest BCUT2D eigenvalue weighted by atomic mass is 9.79. The first-order valence-electron chi connectivity index (χ1n) is 11.0. The average Bonchev–Trinajstić information content (AvgIpc) is 3.04. The van der Waals surface area contributed by atoms with E-state index < -0.39 is 0 Å². The molecule has 3 aromatic rings. The Hall–Kier alpha value is -2.38. The Morgan fingerprint density at radius 1 is 0.690 bits per heavy atom. The molecule has 0 saturated carbocycles. The molecule has 29 heavy (non-hydrogen) atoms. The van der Waals surface area contributed by atoms with Crippen LogP contribution < -0.4 is 0 Å². The van der Waals surface area contributed by atoms with Crippen molar-refractivity contribution in [1.82, 2.24) is 4.90 Å². The van der Waals surface area contributed by atoms with Gasteiger partial charge in [0, 0.05) is 17.4 Å². The van der Waals surface area contributed by atoms with Crippen LogP contribution in [0, 0.1) is 0 Å². The minimum atomic E-state index is 0.0479. The summed E-state index contributed by atoms with van der Waals surface area (Å²) in [7, 11) is 0. The molecule has 1 fully saturated rings. The number of fused-ring (bicyclic) bond motifs is 6. The van der Waals surface area contributed by atoms with Crippen molar-refractivity contribution < 1.29 is 0 Å². The van der Waals surface area contributed by atoms with E-state index in [4.69, 9.17) is 0 Å². The van der Waals surface area contributed by atoms with E-state index in [2.05, 4.69) is 87.2 Å². The summed E-state index contributed by atoms with van der Waals surface area (Å²) >= 11 is 0. The van der Waals surface area contributed by atoms with E-state index >= 15 is 0 Å². The van der Waals surface area contributed by atoms with Gasteiger partial charge in [0.2, 0.25) is 0 Å². The van der Waals surface area contributed by atoms with E-state index in [0.29, 0.717) is 0 Å². The molecule has 1 aliphatic heterocycles. The van der Waals surface area contributed by atoms with Gasteiger partial charge < -0.3 is 0 Å². The van der Waals surface area contributed by atoms with Crippen molar-refractivity contribution in [3.05, 3.63) is 82.4 Å². The minimum absolute atomic E-state index is 0.0479. The van der Waals surface area contributed by atoms with Crippen LogP contribution in [0.1, 0.15) is 61.9 Å². The fourth-order valence-electron chi connectivity index (χ4n) is 5.97. The SMILES string of the molecule is CC1(C)c2ccccc2-c2cc3c(cc21)-c1c(CN2CCC2)cccc1C3(C)C. The molecular weight excluding hydrogens is 350 g/mol. The van der Waals surface area contributed by atoms with Gasteiger partial charge in [-0.1, -0.05) is 70.2 Å². The Labute approximate surface area is 174 Å². The largest absolute Gasteiger partial charge is 0.299 e. The third-order valence-corrected chi connectivity index (χ3v) is 7.83. The van der Waals surface area contributed by atoms with Gasteiger partial charge in [-0.25, -0.2) is 0 Å². The van der Waals surface area contributed by atoms with Crippen LogP contribution in [0.3, 0.4) is 0 Å². The second-order valence-corrected chi connectivity index (χ2v) is 10.2. The van der Waals surface area contributed by atoms with Crippen molar-refractivity contribution in [2.24, 2.45) is 0 Å². The van der Waals surface area contributed by atoms with E-state index in [1.165, 1.54) is 69.6 Å². The molecule has 0 unspecified atom stereocenters. The smallest absolute Gasteiger partial charge is 0.0240 e. The highest BCUT2D eigenvalue weighted by Crippen LogP contribution is 2.56. The van der Waals surface area contributed by atoms with E-state index in [9.17, 15) is 0 Å². The van der Waals surface area contributed by atoms with Crippen molar-refractivity contribution in [3.63, 3.8) is 0 Å². The Balaban J connectivity index is 1.61. The molecule has 0 radical (unpaired) electrons. The summed E-state index contributed by atoms with van der Waals surface area (Å²) in [6.07, 6.45) is 1.34. The van der Waals surface area contributed by atoms with Crippen molar-refractivity contribution in [1.29, 1.82) is 0 Å². The normalized spacial score (nSPS) is 19.9. The van der Waals surface area contributed by atoms with Crippen LogP contribution in [0.5, 0.6) is 0 Å². The minimum Gasteiger partial charge on any atom is -0.299 e. The summed E-state index contributed by atoms with van der Waals surface area (Å²) in [5, 5.41) is 0. The molecule has 146 valence electrons. The van der Waals surface area contributed by atoms with E-state index in [-0.39, 0.29) is 10.8 Å². The third kappa shape index (κ3) is 2.20. The van der Waals surface area contributed by atoms with Gasteiger partial charge in [-0.3, -0.25) is 4.90 Å². The lowest BCUT2D eigenvalue weighted by Gasteiger charge is -2.31. The number of nitrogens with zero attached hydrogens (tertiary/aromatic N) is 1. The van der Waals surface area contributed by atoms with Crippen LogP contribution in [-0.2, 0) is 17.4 Å². The molecule has 3 aromatic carbocycles. The molecule has 6 rings (SSSR count). The molecular formula is C28H29N. The lowest BCUT2D eigenvalue weighted by molar-refractivity contribution is 0.173. The third-order valence-electron chi connectivity index (χ3n) is 7.83. The highest BCUT2D eigenvalue weighted by molar-refractivity contribution is 5.90. The van der Waals surface area contributed by atoms with Crippen molar-refractivity contribution >= 4 is 0 Å². The molecule has 3 aliphatic rings. The molecule has 0 bridgehead atoms. The Bertz CT molecular complexity index is 1160. The average molecular weight is 380 g/mol. The van der Waals surface area contributed by atoms with Crippen molar-refractivity contribution in [2.75, 3.05) is 13.1 Å². The van der Waals surface area contributed by atoms with Crippen molar-refractivity contribution in [3.8, 4) is 22.3 Å². The molecule has 1 heterocycles. The van der Waals surface area contributed by atoms with Crippen LogP contribution >= 0.6 is 0 Å². The summed E-state index contributed by atoms with van der Waals surface area (Å²) in [5.74, 6) is 0. The summed E-state index contributed by atoms with van der Waals surface area (Å²) in [4.78, 5) is 2.58. The molecule has 2 aliphatic carbocycles. The van der Waals surface area contributed by atoms with Gasteiger partial charge in [0.15, 0.2) is 0 Å². The van der Waals surface area contributed by atoms with Crippen LogP contribution in [0.15, 0.2) is 54.6 Å². The Kier molecular flexibility index (Phi) is 3.38. The summed E-state index contributed by atoms with van der Waals surface area (Å²) in [6, 6.07) is 21.0. The molecule has 0 aromatic heterocycles. The maximum Gasteiger partial charge on any atom is 0.0240 e. The number of benzene rings is 3. The van der Waals surface area contributed by atoms with E-state index in [0.717, 1.165) is 6.54 Å². The molecule has 0 N–H and O–H groups in total. The standard InChI is InChI=1S/C28H29N/c1-27(2)22-11-6-5-10-19(22)20-15-25-21(16-24(20)27)26-18(17-29-13-8-14-29)9-7-12-23(26)28(25,3)4/h5-7,9-12,15-16H,8,13-14,17H2,1-4H3. The van der Waals surface area contributed by atoms with Crippen molar-refractivity contribution in [2.45, 2.75) is 51.5 Å². The zero-order chi connectivity index (χ0) is 20.0. The second-order valence-electron chi connectivity index (χ2n) is 10.2. The second kappa shape index (κ2) is 5.61. The Morgan fingerprint density at radius 3 is 2.10 bits per heavy atom. The molecule has 1 nitrogen and oxygen atoms in total. The monoisotopic (exact) mass is 379 g/mol. The zero-order valence-electron chi connectivity index (χ0n) is 18.0. The number of hydrogen-bond acceptors (Lipinski definition) is 1. The van der Waals surface area contributed by atoms with Gasteiger partial charge in [0.1, 0.15) is 0 Å². The van der Waals surface area contributed by atoms with Crippen LogP contribution in [0.2, 0.25) is 0 Å². The van der Waals surface area contributed by atoms with Crippen LogP contribution in [-0.4, -0.2) is 18.0 Å². The van der Waals surface area contributed by atoms with Gasteiger partial charge in [-0.05, 0) is 81.7 Å². The predicted octanol–water partition coefficient (Wildman–Crippen LogP) is 6.50. The quantitative estimate of drug-likeness (QED) is 0.491. The maximum absolute atomic E-state index is 2.58. The molecule has 0 atom stereocenters. The van der Waals surface area contributed by atoms with Crippen LogP contribution in [0.4, 0.5) is 0 Å². The summed E-state index contributed by atoms with van der Waals surface area (Å²) in [5.41, 5.74) is 13.4. The topological polar surface area (TPSA) is 3.24 Å². The predicted molar refractivity (Wildman–Crippen MR) is 121 cm³/mol.